The first kappa shape index (κ1) is 13.5. The van der Waals surface area contributed by atoms with Gasteiger partial charge in [0.1, 0.15) is 0 Å². The Morgan fingerprint density at radius 1 is 1.26 bits per heavy atom. The Kier molecular flexibility index (Phi) is 4.52. The molecule has 0 saturated heterocycles. The van der Waals surface area contributed by atoms with Gasteiger partial charge in [-0.05, 0) is 25.5 Å². The van der Waals surface area contributed by atoms with Gasteiger partial charge in [0, 0.05) is 12.0 Å². The Labute approximate surface area is 111 Å². The molecule has 1 aliphatic rings. The van der Waals surface area contributed by atoms with E-state index >= 15 is 0 Å². The first-order valence-electron chi connectivity index (χ1n) is 6.43. The van der Waals surface area contributed by atoms with Crippen LogP contribution in [-0.2, 0) is 9.53 Å². The van der Waals surface area contributed by atoms with E-state index in [1.54, 1.807) is 6.07 Å². The van der Waals surface area contributed by atoms with E-state index in [-0.39, 0.29) is 18.6 Å². The average Bonchev–Trinajstić information content (AvgIpc) is 2.71. The molecule has 0 spiro atoms. The fourth-order valence-electron chi connectivity index (χ4n) is 2.11. The molecule has 1 aliphatic heterocycles. The normalized spacial score (nSPS) is 17.1. The first-order valence-corrected chi connectivity index (χ1v) is 6.43. The van der Waals surface area contributed by atoms with Gasteiger partial charge in [0.2, 0.25) is 0 Å². The van der Waals surface area contributed by atoms with Gasteiger partial charge in [-0.1, -0.05) is 24.6 Å². The number of hydrogen-bond donors (Lipinski definition) is 2. The minimum Gasteiger partial charge on any atom is -0.481 e. The highest BCUT2D eigenvalue weighted by Crippen LogP contribution is 2.27. The van der Waals surface area contributed by atoms with Crippen LogP contribution in [0, 0.1) is 0 Å². The summed E-state index contributed by atoms with van der Waals surface area (Å²) in [5, 5.41) is 11.7. The van der Waals surface area contributed by atoms with Crippen molar-refractivity contribution in [2.75, 3.05) is 6.54 Å². The predicted molar refractivity (Wildman–Crippen MR) is 68.7 cm³/mol. The maximum absolute atomic E-state index is 11.6. The summed E-state index contributed by atoms with van der Waals surface area (Å²) < 4.78 is 5.23. The molecular weight excluding hydrogens is 246 g/mol. The summed E-state index contributed by atoms with van der Waals surface area (Å²) in [5.74, 6) is -1.05. The summed E-state index contributed by atoms with van der Waals surface area (Å²) in [4.78, 5) is 21.9. The van der Waals surface area contributed by atoms with Crippen LogP contribution in [0.1, 0.15) is 47.8 Å². The third kappa shape index (κ3) is 3.54. The predicted octanol–water partition coefficient (Wildman–Crippen LogP) is 2.09. The molecule has 0 saturated carbocycles. The monoisotopic (exact) mass is 263 g/mol. The highest BCUT2D eigenvalue weighted by Gasteiger charge is 2.29. The second kappa shape index (κ2) is 6.33. The van der Waals surface area contributed by atoms with Crippen molar-refractivity contribution < 1.29 is 19.4 Å². The summed E-state index contributed by atoms with van der Waals surface area (Å²) in [7, 11) is 0. The molecule has 0 aromatic heterocycles. The molecule has 0 amide bonds. The molecule has 1 aromatic carbocycles. The van der Waals surface area contributed by atoms with Crippen LogP contribution in [0.2, 0.25) is 0 Å². The third-order valence-corrected chi connectivity index (χ3v) is 3.09. The molecule has 0 aliphatic carbocycles. The van der Waals surface area contributed by atoms with Gasteiger partial charge in [0.05, 0.1) is 5.56 Å². The van der Waals surface area contributed by atoms with Crippen molar-refractivity contribution >= 4 is 11.9 Å². The zero-order valence-electron chi connectivity index (χ0n) is 10.6. The molecule has 19 heavy (non-hydrogen) atoms. The lowest BCUT2D eigenvalue weighted by Crippen LogP contribution is -2.22. The van der Waals surface area contributed by atoms with Crippen LogP contribution in [0.15, 0.2) is 24.3 Å². The molecule has 2 N–H and O–H groups in total. The number of carboxylic acids is 1. The topological polar surface area (TPSA) is 75.6 Å². The lowest BCUT2D eigenvalue weighted by atomic mass is 10.1. The quantitative estimate of drug-likeness (QED) is 0.582. The Bertz CT molecular complexity index is 472. The number of rotatable bonds is 7. The maximum atomic E-state index is 11.6. The number of unbranched alkanes of at least 4 members (excludes halogenated alkanes) is 2. The largest absolute Gasteiger partial charge is 0.481 e. The van der Waals surface area contributed by atoms with E-state index in [9.17, 15) is 9.59 Å². The number of aliphatic carboxylic acids is 1. The molecule has 1 aromatic rings. The van der Waals surface area contributed by atoms with E-state index in [1.165, 1.54) is 0 Å². The molecule has 0 bridgehead atoms. The van der Waals surface area contributed by atoms with E-state index in [1.807, 2.05) is 18.2 Å². The van der Waals surface area contributed by atoms with Crippen molar-refractivity contribution in [3.63, 3.8) is 0 Å². The van der Waals surface area contributed by atoms with E-state index in [0.29, 0.717) is 18.5 Å². The fraction of sp³-hybridized carbons (Fsp3) is 0.429. The van der Waals surface area contributed by atoms with Crippen molar-refractivity contribution in [1.29, 1.82) is 0 Å². The van der Waals surface area contributed by atoms with Crippen LogP contribution in [0.25, 0.3) is 0 Å². The zero-order chi connectivity index (χ0) is 13.7. The van der Waals surface area contributed by atoms with Crippen molar-refractivity contribution in [2.45, 2.75) is 31.9 Å². The molecule has 2 rings (SSSR count). The number of benzene rings is 1. The zero-order valence-corrected chi connectivity index (χ0v) is 10.6. The van der Waals surface area contributed by atoms with Gasteiger partial charge >= 0.3 is 11.9 Å². The number of ether oxygens (including phenoxy) is 1. The first-order chi connectivity index (χ1) is 9.18. The lowest BCUT2D eigenvalue weighted by Gasteiger charge is -2.12. The number of carboxylic acid groups (broad SMARTS) is 1. The molecule has 5 nitrogen and oxygen atoms in total. The van der Waals surface area contributed by atoms with Gasteiger partial charge in [0.25, 0.3) is 0 Å². The van der Waals surface area contributed by atoms with Gasteiger partial charge in [0.15, 0.2) is 6.23 Å². The van der Waals surface area contributed by atoms with Crippen LogP contribution in [0.5, 0.6) is 0 Å². The van der Waals surface area contributed by atoms with Gasteiger partial charge in [-0.2, -0.15) is 0 Å². The van der Waals surface area contributed by atoms with Gasteiger partial charge in [-0.15, -0.1) is 0 Å². The number of hydrogen-bond acceptors (Lipinski definition) is 4. The van der Waals surface area contributed by atoms with E-state index in [2.05, 4.69) is 5.32 Å². The highest BCUT2D eigenvalue weighted by molar-refractivity contribution is 5.93. The van der Waals surface area contributed by atoms with Crippen molar-refractivity contribution in [2.24, 2.45) is 0 Å². The third-order valence-electron chi connectivity index (χ3n) is 3.09. The second-order valence-corrected chi connectivity index (χ2v) is 4.53. The Morgan fingerprint density at radius 2 is 2.05 bits per heavy atom. The standard InChI is InChI=1S/C14H17NO4/c16-12(17)8-2-1-5-9-15-13-10-6-3-4-7-11(10)14(18)19-13/h3-4,6-7,13,15H,1-2,5,8-9H2,(H,16,17). The molecule has 102 valence electrons. The minimum atomic E-state index is -0.758. The van der Waals surface area contributed by atoms with Crippen LogP contribution in [0.4, 0.5) is 0 Å². The number of carbonyl (C=O) groups is 2. The Balaban J connectivity index is 1.73. The highest BCUT2D eigenvalue weighted by atomic mass is 16.6. The van der Waals surface area contributed by atoms with Gasteiger partial charge < -0.3 is 9.84 Å². The molecule has 0 radical (unpaired) electrons. The van der Waals surface area contributed by atoms with E-state index < -0.39 is 5.97 Å². The van der Waals surface area contributed by atoms with Crippen LogP contribution in [0.3, 0.4) is 0 Å². The smallest absolute Gasteiger partial charge is 0.340 e. The number of nitrogens with one attached hydrogen (secondary N) is 1. The molecule has 1 heterocycles. The molecule has 1 atom stereocenters. The van der Waals surface area contributed by atoms with Crippen LogP contribution >= 0.6 is 0 Å². The lowest BCUT2D eigenvalue weighted by molar-refractivity contribution is -0.137. The second-order valence-electron chi connectivity index (χ2n) is 4.53. The molecular formula is C14H17NO4. The number of fused-ring (bicyclic) bond motifs is 1. The van der Waals surface area contributed by atoms with Crippen LogP contribution < -0.4 is 5.32 Å². The van der Waals surface area contributed by atoms with Gasteiger partial charge in [-0.3, -0.25) is 10.1 Å². The SMILES string of the molecule is O=C(O)CCCCCNC1OC(=O)c2ccccc21. The van der Waals surface area contributed by atoms with Crippen molar-refractivity contribution in [3.05, 3.63) is 35.4 Å². The minimum absolute atomic E-state index is 0.210. The molecule has 0 fully saturated rings. The average molecular weight is 263 g/mol. The summed E-state index contributed by atoms with van der Waals surface area (Å²) >= 11 is 0. The Morgan fingerprint density at radius 3 is 2.84 bits per heavy atom. The summed E-state index contributed by atoms with van der Waals surface area (Å²) in [6, 6.07) is 7.32. The molecule has 5 heteroatoms. The fourth-order valence-corrected chi connectivity index (χ4v) is 2.11. The Hall–Kier alpha value is -1.88. The van der Waals surface area contributed by atoms with Gasteiger partial charge in [-0.25, -0.2) is 4.79 Å². The number of carbonyl (C=O) groups excluding carboxylic acids is 1. The summed E-state index contributed by atoms with van der Waals surface area (Å²) in [5.41, 5.74) is 1.49. The summed E-state index contributed by atoms with van der Waals surface area (Å²) in [6.45, 7) is 0.700. The molecule has 1 unspecified atom stereocenters. The maximum Gasteiger partial charge on any atom is 0.340 e. The van der Waals surface area contributed by atoms with E-state index in [0.717, 1.165) is 18.4 Å². The van der Waals surface area contributed by atoms with Crippen molar-refractivity contribution in [1.82, 2.24) is 5.32 Å². The van der Waals surface area contributed by atoms with E-state index in [4.69, 9.17) is 9.84 Å². The van der Waals surface area contributed by atoms with Crippen molar-refractivity contribution in [3.8, 4) is 0 Å². The number of esters is 1. The number of cyclic esters (lactones) is 1. The summed E-state index contributed by atoms with van der Waals surface area (Å²) in [6.07, 6.45) is 2.23. The van der Waals surface area contributed by atoms with Crippen LogP contribution in [-0.4, -0.2) is 23.6 Å².